The quantitative estimate of drug-likeness (QED) is 0.741. The number of benzene rings is 1. The van der Waals surface area contributed by atoms with Gasteiger partial charge in [-0.2, -0.15) is 4.31 Å². The molecule has 6 nitrogen and oxygen atoms in total. The van der Waals surface area contributed by atoms with E-state index in [4.69, 9.17) is 11.6 Å². The molecule has 0 unspecified atom stereocenters. The fraction of sp³-hybridized carbons (Fsp3) is 0.650. The van der Waals surface area contributed by atoms with Crippen molar-refractivity contribution in [2.75, 3.05) is 26.2 Å². The molecule has 1 aromatic rings. The first-order valence-corrected chi connectivity index (χ1v) is 11.9. The summed E-state index contributed by atoms with van der Waals surface area (Å²) in [6.45, 7) is 8.02. The van der Waals surface area contributed by atoms with Gasteiger partial charge in [-0.05, 0) is 58.2 Å². The fourth-order valence-corrected chi connectivity index (χ4v) is 6.06. The van der Waals surface area contributed by atoms with Gasteiger partial charge in [0.05, 0.1) is 10.9 Å². The zero-order valence-electron chi connectivity index (χ0n) is 16.8. The van der Waals surface area contributed by atoms with E-state index in [1.807, 2.05) is 11.8 Å². The van der Waals surface area contributed by atoms with Crippen LogP contribution in [0.4, 0.5) is 0 Å². The molecule has 0 spiro atoms. The maximum Gasteiger partial charge on any atom is 0.243 e. The third-order valence-corrected chi connectivity index (χ3v) is 8.19. The second kappa shape index (κ2) is 8.69. The lowest BCUT2D eigenvalue weighted by Crippen LogP contribution is -2.58. The Morgan fingerprint density at radius 2 is 1.71 bits per heavy atom. The lowest BCUT2D eigenvalue weighted by atomic mass is 9.96. The minimum Gasteiger partial charge on any atom is -0.336 e. The first-order chi connectivity index (χ1) is 13.2. The molecule has 0 radical (unpaired) electrons. The first kappa shape index (κ1) is 21.6. The second-order valence-corrected chi connectivity index (χ2v) is 10.3. The van der Waals surface area contributed by atoms with E-state index >= 15 is 0 Å². The van der Waals surface area contributed by atoms with E-state index in [1.54, 1.807) is 18.2 Å². The summed E-state index contributed by atoms with van der Waals surface area (Å²) < 4.78 is 27.2. The zero-order valence-corrected chi connectivity index (χ0v) is 18.4. The monoisotopic (exact) mass is 427 g/mol. The number of hydrogen-bond donors (Lipinski definition) is 0. The van der Waals surface area contributed by atoms with Crippen LogP contribution in [0.5, 0.6) is 0 Å². The maximum atomic E-state index is 13.1. The third-order valence-electron chi connectivity index (χ3n) is 6.06. The highest BCUT2D eigenvalue weighted by Crippen LogP contribution is 2.25. The molecule has 3 atom stereocenters. The molecule has 8 heteroatoms. The number of piperazine rings is 1. The Balaban J connectivity index is 1.64. The van der Waals surface area contributed by atoms with Crippen LogP contribution in [0.1, 0.15) is 40.0 Å². The molecule has 2 heterocycles. The van der Waals surface area contributed by atoms with Crippen LogP contribution in [0.2, 0.25) is 5.02 Å². The molecule has 1 aromatic carbocycles. The van der Waals surface area contributed by atoms with E-state index in [0.29, 0.717) is 31.2 Å². The van der Waals surface area contributed by atoms with E-state index in [2.05, 4.69) is 18.7 Å². The Bertz CT molecular complexity index is 799. The molecule has 3 rings (SSSR count). The number of nitrogens with zero attached hydrogens (tertiary/aromatic N) is 3. The van der Waals surface area contributed by atoms with Crippen molar-refractivity contribution in [2.45, 2.75) is 63.1 Å². The van der Waals surface area contributed by atoms with Crippen LogP contribution >= 0.6 is 11.6 Å². The van der Waals surface area contributed by atoms with Crippen LogP contribution in [-0.2, 0) is 14.8 Å². The van der Waals surface area contributed by atoms with E-state index in [1.165, 1.54) is 16.8 Å². The molecule has 1 amide bonds. The van der Waals surface area contributed by atoms with Crippen molar-refractivity contribution >= 4 is 27.5 Å². The highest BCUT2D eigenvalue weighted by Gasteiger charge is 2.36. The third kappa shape index (κ3) is 4.37. The summed E-state index contributed by atoms with van der Waals surface area (Å²) in [6.07, 6.45) is 3.27. The predicted octanol–water partition coefficient (Wildman–Crippen LogP) is 2.82. The molecular weight excluding hydrogens is 398 g/mol. The van der Waals surface area contributed by atoms with Gasteiger partial charge in [-0.1, -0.05) is 17.7 Å². The predicted molar refractivity (Wildman–Crippen MR) is 111 cm³/mol. The van der Waals surface area contributed by atoms with Gasteiger partial charge in [0.1, 0.15) is 0 Å². The van der Waals surface area contributed by atoms with Crippen LogP contribution in [0.25, 0.3) is 0 Å². The van der Waals surface area contributed by atoms with Gasteiger partial charge in [-0.25, -0.2) is 8.42 Å². The summed E-state index contributed by atoms with van der Waals surface area (Å²) in [7, 11) is -3.57. The van der Waals surface area contributed by atoms with Crippen LogP contribution in [-0.4, -0.2) is 72.7 Å². The summed E-state index contributed by atoms with van der Waals surface area (Å²) in [5.41, 5.74) is 0. The molecule has 0 aromatic heterocycles. The molecule has 2 aliphatic rings. The van der Waals surface area contributed by atoms with E-state index in [0.717, 1.165) is 12.8 Å². The maximum absolute atomic E-state index is 13.1. The van der Waals surface area contributed by atoms with Gasteiger partial charge in [-0.15, -0.1) is 0 Å². The Kier molecular flexibility index (Phi) is 6.69. The number of hydrogen-bond acceptors (Lipinski definition) is 4. The lowest BCUT2D eigenvalue weighted by Gasteiger charge is -2.43. The van der Waals surface area contributed by atoms with Gasteiger partial charge in [0.15, 0.2) is 0 Å². The van der Waals surface area contributed by atoms with Crippen molar-refractivity contribution in [1.29, 1.82) is 0 Å². The van der Waals surface area contributed by atoms with Crippen molar-refractivity contribution in [3.8, 4) is 0 Å². The Morgan fingerprint density at radius 1 is 1.11 bits per heavy atom. The SMILES string of the molecule is C[C@H](C(=O)N1[C@@H](C)CCC[C@@H]1C)N1CCN(S(=O)(=O)c2cccc(Cl)c2)CC1. The number of rotatable bonds is 4. The van der Waals surface area contributed by atoms with Crippen molar-refractivity contribution < 1.29 is 13.2 Å². The smallest absolute Gasteiger partial charge is 0.243 e. The molecule has 0 bridgehead atoms. The molecule has 28 heavy (non-hydrogen) atoms. The van der Waals surface area contributed by atoms with Crippen molar-refractivity contribution in [2.24, 2.45) is 0 Å². The normalized spacial score (nSPS) is 26.2. The largest absolute Gasteiger partial charge is 0.336 e. The lowest BCUT2D eigenvalue weighted by molar-refractivity contribution is -0.143. The van der Waals surface area contributed by atoms with Crippen molar-refractivity contribution in [3.63, 3.8) is 0 Å². The Hall–Kier alpha value is -1.15. The Labute approximate surface area is 173 Å². The highest BCUT2D eigenvalue weighted by atomic mass is 35.5. The van der Waals surface area contributed by atoms with Crippen molar-refractivity contribution in [1.82, 2.24) is 14.1 Å². The summed E-state index contributed by atoms with van der Waals surface area (Å²) in [4.78, 5) is 17.4. The molecule has 2 fully saturated rings. The molecule has 2 saturated heterocycles. The first-order valence-electron chi connectivity index (χ1n) is 10.0. The second-order valence-electron chi connectivity index (χ2n) is 7.95. The molecule has 0 aliphatic carbocycles. The summed E-state index contributed by atoms with van der Waals surface area (Å²) in [6, 6.07) is 6.65. The number of piperidine rings is 1. The van der Waals surface area contributed by atoms with E-state index in [9.17, 15) is 13.2 Å². The molecule has 2 aliphatic heterocycles. The van der Waals surface area contributed by atoms with Crippen LogP contribution in [0, 0.1) is 0 Å². The summed E-state index contributed by atoms with van der Waals surface area (Å²) in [5.74, 6) is 0.158. The summed E-state index contributed by atoms with van der Waals surface area (Å²) >= 11 is 5.95. The number of carbonyl (C=O) groups excluding carboxylic acids is 1. The molecular formula is C20H30ClN3O3S. The summed E-state index contributed by atoms with van der Waals surface area (Å²) in [5, 5.41) is 0.406. The standard InChI is InChI=1S/C20H30ClN3O3S/c1-15-6-4-7-16(2)24(15)20(25)17(3)22-10-12-23(13-11-22)28(26,27)19-9-5-8-18(21)14-19/h5,8-9,14-17H,4,6-7,10-13H2,1-3H3/t15-,16-,17+/m0/s1. The fourth-order valence-electron chi connectivity index (χ4n) is 4.34. The van der Waals surface area contributed by atoms with Crippen molar-refractivity contribution in [3.05, 3.63) is 29.3 Å². The van der Waals surface area contributed by atoms with Crippen LogP contribution < -0.4 is 0 Å². The minimum absolute atomic E-state index is 0.158. The number of halogens is 1. The average Bonchev–Trinajstić information content (AvgIpc) is 2.67. The number of likely N-dealkylation sites (tertiary alicyclic amines) is 1. The van der Waals surface area contributed by atoms with Crippen LogP contribution in [0.3, 0.4) is 0 Å². The number of carbonyl (C=O) groups is 1. The molecule has 0 N–H and O–H groups in total. The van der Waals surface area contributed by atoms with Gasteiger partial charge >= 0.3 is 0 Å². The van der Waals surface area contributed by atoms with Gasteiger partial charge in [-0.3, -0.25) is 9.69 Å². The van der Waals surface area contributed by atoms with Gasteiger partial charge in [0.2, 0.25) is 15.9 Å². The Morgan fingerprint density at radius 3 is 2.29 bits per heavy atom. The number of sulfonamides is 1. The van der Waals surface area contributed by atoms with Gasteiger partial charge < -0.3 is 4.90 Å². The van der Waals surface area contributed by atoms with Gasteiger partial charge in [0, 0.05) is 43.3 Å². The average molecular weight is 428 g/mol. The molecule has 0 saturated carbocycles. The van der Waals surface area contributed by atoms with E-state index < -0.39 is 10.0 Å². The zero-order chi connectivity index (χ0) is 20.5. The minimum atomic E-state index is -3.57. The number of amides is 1. The van der Waals surface area contributed by atoms with Gasteiger partial charge in [0.25, 0.3) is 0 Å². The highest BCUT2D eigenvalue weighted by molar-refractivity contribution is 7.89. The topological polar surface area (TPSA) is 60.9 Å². The van der Waals surface area contributed by atoms with E-state index in [-0.39, 0.29) is 28.9 Å². The molecule has 156 valence electrons. The van der Waals surface area contributed by atoms with Crippen LogP contribution in [0.15, 0.2) is 29.2 Å².